The van der Waals surface area contributed by atoms with Gasteiger partial charge in [0.25, 0.3) is 0 Å². The molecule has 2 rings (SSSR count). The number of aromatic carboxylic acids is 1. The third-order valence-corrected chi connectivity index (χ3v) is 4.58. The predicted molar refractivity (Wildman–Crippen MR) is 79.7 cm³/mol. The first kappa shape index (κ1) is 14.8. The third kappa shape index (κ3) is 3.46. The van der Waals surface area contributed by atoms with E-state index in [0.29, 0.717) is 15.7 Å². The molecule has 0 aromatic heterocycles. The molecule has 5 heteroatoms. The quantitative estimate of drug-likeness (QED) is 0.938. The van der Waals surface area contributed by atoms with Crippen LogP contribution < -0.4 is 0 Å². The summed E-state index contributed by atoms with van der Waals surface area (Å²) in [4.78, 5) is 11.3. The summed E-state index contributed by atoms with van der Waals surface area (Å²) < 4.78 is 12.2. The summed E-state index contributed by atoms with van der Waals surface area (Å²) in [5, 5.41) is 9.42. The van der Waals surface area contributed by atoms with E-state index in [1.807, 2.05) is 25.1 Å². The number of halogens is 1. The molecule has 2 aromatic carbocycles. The van der Waals surface area contributed by atoms with Crippen molar-refractivity contribution in [2.24, 2.45) is 0 Å². The smallest absolute Gasteiger partial charge is 0.335 e. The molecule has 0 spiro atoms. The zero-order valence-electron chi connectivity index (χ0n) is 10.8. The zero-order chi connectivity index (χ0) is 14.7. The fraction of sp³-hybridized carbons (Fsp3) is 0.133. The molecule has 1 N–H and O–H groups in total. The van der Waals surface area contributed by atoms with Crippen LogP contribution in [-0.2, 0) is 16.6 Å². The normalized spacial score (nSPS) is 12.1. The number of aryl methyl sites for hydroxylation is 1. The van der Waals surface area contributed by atoms with Gasteiger partial charge in [-0.25, -0.2) is 4.79 Å². The van der Waals surface area contributed by atoms with Crippen molar-refractivity contribution in [3.63, 3.8) is 0 Å². The monoisotopic (exact) mass is 308 g/mol. The van der Waals surface area contributed by atoms with E-state index in [2.05, 4.69) is 0 Å². The Labute approximate surface area is 124 Å². The summed E-state index contributed by atoms with van der Waals surface area (Å²) in [5.41, 5.74) is 2.05. The Hall–Kier alpha value is -1.65. The highest BCUT2D eigenvalue weighted by Crippen LogP contribution is 2.21. The Morgan fingerprint density at radius 3 is 2.40 bits per heavy atom. The molecule has 1 atom stereocenters. The van der Waals surface area contributed by atoms with Gasteiger partial charge < -0.3 is 5.11 Å². The minimum Gasteiger partial charge on any atom is -0.478 e. The van der Waals surface area contributed by atoms with Crippen LogP contribution in [0.15, 0.2) is 47.4 Å². The van der Waals surface area contributed by atoms with Gasteiger partial charge in [0.2, 0.25) is 0 Å². The topological polar surface area (TPSA) is 54.4 Å². The van der Waals surface area contributed by atoms with Gasteiger partial charge in [-0.05, 0) is 48.4 Å². The van der Waals surface area contributed by atoms with Gasteiger partial charge in [0.05, 0.1) is 22.1 Å². The van der Waals surface area contributed by atoms with E-state index in [0.717, 1.165) is 11.1 Å². The lowest BCUT2D eigenvalue weighted by Crippen LogP contribution is -2.00. The maximum Gasteiger partial charge on any atom is 0.335 e. The molecule has 2 aromatic rings. The van der Waals surface area contributed by atoms with Crippen molar-refractivity contribution in [1.29, 1.82) is 0 Å². The van der Waals surface area contributed by atoms with Crippen LogP contribution in [0.1, 0.15) is 21.5 Å². The Balaban J connectivity index is 2.17. The van der Waals surface area contributed by atoms with Crippen molar-refractivity contribution in [3.05, 3.63) is 64.2 Å². The first-order chi connectivity index (χ1) is 9.47. The molecule has 0 fully saturated rings. The molecule has 0 saturated heterocycles. The molecular formula is C15H13ClO3S. The molecule has 1 unspecified atom stereocenters. The summed E-state index contributed by atoms with van der Waals surface area (Å²) in [6.07, 6.45) is 0. The van der Waals surface area contributed by atoms with Gasteiger partial charge in [-0.1, -0.05) is 23.7 Å². The highest BCUT2D eigenvalue weighted by Gasteiger charge is 2.09. The molecule has 0 amide bonds. The number of benzene rings is 2. The number of hydrogen-bond donors (Lipinski definition) is 1. The van der Waals surface area contributed by atoms with Gasteiger partial charge in [-0.15, -0.1) is 0 Å². The average Bonchev–Trinajstić information content (AvgIpc) is 2.42. The van der Waals surface area contributed by atoms with Crippen molar-refractivity contribution >= 4 is 28.4 Å². The number of carboxylic acid groups (broad SMARTS) is 1. The van der Waals surface area contributed by atoms with Crippen molar-refractivity contribution < 1.29 is 14.1 Å². The summed E-state index contributed by atoms with van der Waals surface area (Å²) in [6, 6.07) is 11.7. The van der Waals surface area contributed by atoms with Gasteiger partial charge in [0.1, 0.15) is 0 Å². The first-order valence-electron chi connectivity index (χ1n) is 5.94. The maximum atomic E-state index is 12.2. The standard InChI is InChI=1S/C15H13ClO3S/c1-10-2-3-12(14(16)8-10)9-20(19)13-6-4-11(5-7-13)15(17)18/h2-8H,9H2,1H3,(H,17,18). The van der Waals surface area contributed by atoms with E-state index < -0.39 is 16.8 Å². The van der Waals surface area contributed by atoms with E-state index in [1.165, 1.54) is 12.1 Å². The van der Waals surface area contributed by atoms with Crippen LogP contribution in [0.5, 0.6) is 0 Å². The predicted octanol–water partition coefficient (Wildman–Crippen LogP) is 3.65. The molecule has 0 saturated carbocycles. The lowest BCUT2D eigenvalue weighted by molar-refractivity contribution is 0.0697. The molecule has 0 bridgehead atoms. The molecule has 0 aliphatic rings. The van der Waals surface area contributed by atoms with Crippen molar-refractivity contribution in [2.45, 2.75) is 17.6 Å². The summed E-state index contributed by atoms with van der Waals surface area (Å²) >= 11 is 6.12. The zero-order valence-corrected chi connectivity index (χ0v) is 12.4. The number of rotatable bonds is 4. The van der Waals surface area contributed by atoms with Gasteiger partial charge in [0, 0.05) is 9.92 Å². The van der Waals surface area contributed by atoms with Crippen LogP contribution >= 0.6 is 11.6 Å². The van der Waals surface area contributed by atoms with Gasteiger partial charge in [-0.3, -0.25) is 4.21 Å². The Kier molecular flexibility index (Phi) is 4.57. The van der Waals surface area contributed by atoms with E-state index in [9.17, 15) is 9.00 Å². The second kappa shape index (κ2) is 6.20. The molecule has 104 valence electrons. The lowest BCUT2D eigenvalue weighted by Gasteiger charge is -2.06. The fourth-order valence-corrected chi connectivity index (χ4v) is 3.26. The molecule has 20 heavy (non-hydrogen) atoms. The summed E-state index contributed by atoms with van der Waals surface area (Å²) in [5.74, 6) is -0.685. The highest BCUT2D eigenvalue weighted by atomic mass is 35.5. The van der Waals surface area contributed by atoms with Gasteiger partial charge >= 0.3 is 5.97 Å². The molecule has 0 heterocycles. The Morgan fingerprint density at radius 1 is 1.20 bits per heavy atom. The fourth-order valence-electron chi connectivity index (χ4n) is 1.74. The van der Waals surface area contributed by atoms with Crippen LogP contribution in [0.3, 0.4) is 0 Å². The Bertz CT molecular complexity index is 665. The van der Waals surface area contributed by atoms with Gasteiger partial charge in [-0.2, -0.15) is 0 Å². The number of carboxylic acids is 1. The van der Waals surface area contributed by atoms with Crippen LogP contribution in [0.25, 0.3) is 0 Å². The molecule has 0 aliphatic heterocycles. The Morgan fingerprint density at radius 2 is 1.85 bits per heavy atom. The van der Waals surface area contributed by atoms with Crippen LogP contribution in [0.2, 0.25) is 5.02 Å². The van der Waals surface area contributed by atoms with E-state index in [4.69, 9.17) is 16.7 Å². The minimum absolute atomic E-state index is 0.180. The average molecular weight is 309 g/mol. The van der Waals surface area contributed by atoms with Crippen molar-refractivity contribution in [3.8, 4) is 0 Å². The molecular weight excluding hydrogens is 296 g/mol. The minimum atomic E-state index is -1.25. The van der Waals surface area contributed by atoms with Crippen molar-refractivity contribution in [1.82, 2.24) is 0 Å². The summed E-state index contributed by atoms with van der Waals surface area (Å²) in [6.45, 7) is 1.94. The second-order valence-corrected chi connectivity index (χ2v) is 6.27. The number of hydrogen-bond acceptors (Lipinski definition) is 2. The SMILES string of the molecule is Cc1ccc(CS(=O)c2ccc(C(=O)O)cc2)c(Cl)c1. The van der Waals surface area contributed by atoms with Crippen molar-refractivity contribution in [2.75, 3.05) is 0 Å². The number of carbonyl (C=O) groups is 1. The molecule has 0 aliphatic carbocycles. The summed E-state index contributed by atoms with van der Waals surface area (Å²) in [7, 11) is -1.25. The van der Waals surface area contributed by atoms with E-state index in [-0.39, 0.29) is 5.56 Å². The first-order valence-corrected chi connectivity index (χ1v) is 7.64. The van der Waals surface area contributed by atoms with E-state index in [1.54, 1.807) is 12.1 Å². The van der Waals surface area contributed by atoms with Crippen LogP contribution in [0.4, 0.5) is 0 Å². The second-order valence-electron chi connectivity index (χ2n) is 4.41. The maximum absolute atomic E-state index is 12.2. The largest absolute Gasteiger partial charge is 0.478 e. The van der Waals surface area contributed by atoms with E-state index >= 15 is 0 Å². The molecule has 3 nitrogen and oxygen atoms in total. The van der Waals surface area contributed by atoms with Crippen LogP contribution in [0, 0.1) is 6.92 Å². The lowest BCUT2D eigenvalue weighted by atomic mass is 10.2. The van der Waals surface area contributed by atoms with Gasteiger partial charge in [0.15, 0.2) is 0 Å². The molecule has 0 radical (unpaired) electrons. The third-order valence-electron chi connectivity index (χ3n) is 2.86. The van der Waals surface area contributed by atoms with Crippen LogP contribution in [-0.4, -0.2) is 15.3 Å². The highest BCUT2D eigenvalue weighted by molar-refractivity contribution is 7.84.